The highest BCUT2D eigenvalue weighted by Gasteiger charge is 2.34. The number of carbonyl (C=O) groups is 2. The molecule has 0 saturated carbocycles. The standard InChI is InChI=1S/C11H10ClNO2/c12-6-3-7-13-9-5-2-1-4-8(9)10(14)11(13)15/h1-2,4-5H,3,6-7H2. The zero-order valence-corrected chi connectivity index (χ0v) is 8.83. The minimum absolute atomic E-state index is 0.417. The highest BCUT2D eigenvalue weighted by molar-refractivity contribution is 6.52. The topological polar surface area (TPSA) is 37.4 Å². The van der Waals surface area contributed by atoms with Crippen molar-refractivity contribution < 1.29 is 9.59 Å². The van der Waals surface area contributed by atoms with Crippen LogP contribution < -0.4 is 4.90 Å². The van der Waals surface area contributed by atoms with E-state index in [4.69, 9.17) is 11.6 Å². The predicted octanol–water partition coefficient (Wildman–Crippen LogP) is 1.84. The van der Waals surface area contributed by atoms with Gasteiger partial charge in [0, 0.05) is 12.4 Å². The Kier molecular flexibility index (Phi) is 2.73. The molecule has 1 aliphatic rings. The Hall–Kier alpha value is -1.35. The summed E-state index contributed by atoms with van der Waals surface area (Å²) < 4.78 is 0. The van der Waals surface area contributed by atoms with Gasteiger partial charge in [0.15, 0.2) is 0 Å². The van der Waals surface area contributed by atoms with Gasteiger partial charge >= 0.3 is 0 Å². The summed E-state index contributed by atoms with van der Waals surface area (Å²) in [5.74, 6) is -0.373. The minimum atomic E-state index is -0.443. The number of carbonyl (C=O) groups excluding carboxylic acids is 2. The largest absolute Gasteiger partial charge is 0.305 e. The molecule has 0 unspecified atom stereocenters. The molecule has 0 spiro atoms. The lowest BCUT2D eigenvalue weighted by Crippen LogP contribution is -2.30. The number of ketones is 1. The van der Waals surface area contributed by atoms with Gasteiger partial charge in [-0.2, -0.15) is 0 Å². The van der Waals surface area contributed by atoms with Crippen molar-refractivity contribution >= 4 is 29.0 Å². The fourth-order valence-electron chi connectivity index (χ4n) is 1.69. The Morgan fingerprint density at radius 1 is 1.20 bits per heavy atom. The number of alkyl halides is 1. The summed E-state index contributed by atoms with van der Waals surface area (Å²) in [6.45, 7) is 0.505. The molecule has 2 rings (SSSR count). The molecule has 1 aliphatic heterocycles. The zero-order chi connectivity index (χ0) is 10.8. The van der Waals surface area contributed by atoms with Crippen LogP contribution in [-0.2, 0) is 4.79 Å². The summed E-state index contributed by atoms with van der Waals surface area (Å²) in [7, 11) is 0. The summed E-state index contributed by atoms with van der Waals surface area (Å²) in [6, 6.07) is 7.04. The number of hydrogen-bond donors (Lipinski definition) is 0. The molecule has 4 heteroatoms. The van der Waals surface area contributed by atoms with Gasteiger partial charge in [-0.15, -0.1) is 11.6 Å². The van der Waals surface area contributed by atoms with E-state index in [9.17, 15) is 9.59 Å². The highest BCUT2D eigenvalue weighted by Crippen LogP contribution is 2.28. The molecule has 0 aromatic heterocycles. The van der Waals surface area contributed by atoms with Crippen molar-refractivity contribution in [3.63, 3.8) is 0 Å². The number of fused-ring (bicyclic) bond motifs is 1. The third-order valence-corrected chi connectivity index (χ3v) is 2.66. The van der Waals surface area contributed by atoms with Gasteiger partial charge in [0.25, 0.3) is 11.7 Å². The molecule has 0 radical (unpaired) electrons. The summed E-state index contributed by atoms with van der Waals surface area (Å²) in [5, 5.41) is 0. The van der Waals surface area contributed by atoms with E-state index in [0.717, 1.165) is 0 Å². The van der Waals surface area contributed by atoms with Crippen molar-refractivity contribution in [3.05, 3.63) is 29.8 Å². The lowest BCUT2D eigenvalue weighted by molar-refractivity contribution is -0.114. The first-order chi connectivity index (χ1) is 7.25. The van der Waals surface area contributed by atoms with E-state index in [0.29, 0.717) is 30.1 Å². The fraction of sp³-hybridized carbons (Fsp3) is 0.273. The number of rotatable bonds is 3. The molecule has 0 N–H and O–H groups in total. The van der Waals surface area contributed by atoms with Gasteiger partial charge in [-0.1, -0.05) is 12.1 Å². The number of nitrogens with zero attached hydrogens (tertiary/aromatic N) is 1. The van der Waals surface area contributed by atoms with Crippen LogP contribution in [0.1, 0.15) is 16.8 Å². The van der Waals surface area contributed by atoms with Gasteiger partial charge in [0.2, 0.25) is 0 Å². The van der Waals surface area contributed by atoms with E-state index >= 15 is 0 Å². The van der Waals surface area contributed by atoms with Crippen molar-refractivity contribution in [1.82, 2.24) is 0 Å². The Morgan fingerprint density at radius 3 is 2.67 bits per heavy atom. The molecule has 0 saturated heterocycles. The molecule has 0 fully saturated rings. The minimum Gasteiger partial charge on any atom is -0.305 e. The van der Waals surface area contributed by atoms with Gasteiger partial charge in [-0.25, -0.2) is 0 Å². The molecule has 15 heavy (non-hydrogen) atoms. The summed E-state index contributed by atoms with van der Waals surface area (Å²) in [6.07, 6.45) is 0.689. The second-order valence-electron chi connectivity index (χ2n) is 3.35. The number of amides is 1. The molecule has 1 heterocycles. The van der Waals surface area contributed by atoms with Crippen LogP contribution in [0, 0.1) is 0 Å². The predicted molar refractivity (Wildman–Crippen MR) is 58.5 cm³/mol. The van der Waals surface area contributed by atoms with Crippen LogP contribution >= 0.6 is 11.6 Å². The van der Waals surface area contributed by atoms with E-state index in [-0.39, 0.29) is 0 Å². The third-order valence-electron chi connectivity index (χ3n) is 2.39. The molecular formula is C11H10ClNO2. The van der Waals surface area contributed by atoms with E-state index in [1.807, 2.05) is 6.07 Å². The average Bonchev–Trinajstić information content (AvgIpc) is 2.51. The number of anilines is 1. The molecule has 0 bridgehead atoms. The molecule has 1 aromatic carbocycles. The lowest BCUT2D eigenvalue weighted by atomic mass is 10.1. The maximum Gasteiger partial charge on any atom is 0.299 e. The van der Waals surface area contributed by atoms with E-state index in [2.05, 4.69) is 0 Å². The van der Waals surface area contributed by atoms with Crippen molar-refractivity contribution in [1.29, 1.82) is 0 Å². The number of para-hydroxylation sites is 1. The van der Waals surface area contributed by atoms with Crippen LogP contribution in [0.3, 0.4) is 0 Å². The molecule has 1 aromatic rings. The first-order valence-electron chi connectivity index (χ1n) is 4.77. The number of hydrogen-bond acceptors (Lipinski definition) is 2. The molecule has 0 atom stereocenters. The van der Waals surface area contributed by atoms with E-state index in [1.165, 1.54) is 4.90 Å². The maximum atomic E-state index is 11.6. The zero-order valence-electron chi connectivity index (χ0n) is 8.07. The molecule has 0 aliphatic carbocycles. The monoisotopic (exact) mass is 223 g/mol. The summed E-state index contributed by atoms with van der Waals surface area (Å²) >= 11 is 5.57. The first-order valence-corrected chi connectivity index (χ1v) is 5.30. The van der Waals surface area contributed by atoms with Crippen LogP contribution in [0.5, 0.6) is 0 Å². The third kappa shape index (κ3) is 1.63. The molecule has 78 valence electrons. The second kappa shape index (κ2) is 4.03. The van der Waals surface area contributed by atoms with Gasteiger partial charge in [0.1, 0.15) is 0 Å². The van der Waals surface area contributed by atoms with Crippen molar-refractivity contribution in [3.8, 4) is 0 Å². The van der Waals surface area contributed by atoms with Gasteiger partial charge < -0.3 is 4.90 Å². The van der Waals surface area contributed by atoms with Gasteiger partial charge in [0.05, 0.1) is 11.3 Å². The number of halogens is 1. The van der Waals surface area contributed by atoms with Gasteiger partial charge in [-0.3, -0.25) is 9.59 Å². The van der Waals surface area contributed by atoms with Crippen molar-refractivity contribution in [2.75, 3.05) is 17.3 Å². The fourth-order valence-corrected chi connectivity index (χ4v) is 1.81. The van der Waals surface area contributed by atoms with Crippen LogP contribution in [-0.4, -0.2) is 24.1 Å². The Bertz CT molecular complexity index is 417. The van der Waals surface area contributed by atoms with Crippen LogP contribution in [0.15, 0.2) is 24.3 Å². The number of Topliss-reactive ketones (excluding diaryl/α,β-unsaturated/α-hetero) is 1. The summed E-state index contributed by atoms with van der Waals surface area (Å²) in [4.78, 5) is 24.6. The normalized spacial score (nSPS) is 14.6. The van der Waals surface area contributed by atoms with Crippen LogP contribution in [0.25, 0.3) is 0 Å². The SMILES string of the molecule is O=C1C(=O)N(CCCCl)c2ccccc21. The molecular weight excluding hydrogens is 214 g/mol. The van der Waals surface area contributed by atoms with Crippen LogP contribution in [0.2, 0.25) is 0 Å². The molecule has 3 nitrogen and oxygen atoms in total. The number of benzene rings is 1. The average molecular weight is 224 g/mol. The Labute approximate surface area is 92.6 Å². The lowest BCUT2D eigenvalue weighted by Gasteiger charge is -2.14. The summed E-state index contributed by atoms with van der Waals surface area (Å²) in [5.41, 5.74) is 1.20. The maximum absolute atomic E-state index is 11.6. The Morgan fingerprint density at radius 2 is 1.93 bits per heavy atom. The highest BCUT2D eigenvalue weighted by atomic mass is 35.5. The van der Waals surface area contributed by atoms with E-state index < -0.39 is 11.7 Å². The van der Waals surface area contributed by atoms with Gasteiger partial charge in [-0.05, 0) is 18.6 Å². The Balaban J connectivity index is 2.34. The first kappa shape index (κ1) is 10.2. The van der Waals surface area contributed by atoms with Crippen molar-refractivity contribution in [2.45, 2.75) is 6.42 Å². The smallest absolute Gasteiger partial charge is 0.299 e. The quantitative estimate of drug-likeness (QED) is 0.579. The van der Waals surface area contributed by atoms with Crippen LogP contribution in [0.4, 0.5) is 5.69 Å². The van der Waals surface area contributed by atoms with Crippen molar-refractivity contribution in [2.24, 2.45) is 0 Å². The molecule has 1 amide bonds. The second-order valence-corrected chi connectivity index (χ2v) is 3.72. The van der Waals surface area contributed by atoms with E-state index in [1.54, 1.807) is 18.2 Å².